The second-order valence-electron chi connectivity index (χ2n) is 13.9. The van der Waals surface area contributed by atoms with Crippen molar-refractivity contribution in [3.63, 3.8) is 0 Å². The lowest BCUT2D eigenvalue weighted by atomic mass is 9.93. The van der Waals surface area contributed by atoms with E-state index >= 15 is 0 Å². The molecule has 6 aromatic carbocycles. The van der Waals surface area contributed by atoms with Gasteiger partial charge in [0.15, 0.2) is 0 Å². The van der Waals surface area contributed by atoms with Crippen molar-refractivity contribution in [1.29, 1.82) is 0 Å². The number of thioether (sulfide) groups is 1. The minimum absolute atomic E-state index is 0.824. The molecule has 0 aliphatic carbocycles. The van der Waals surface area contributed by atoms with Gasteiger partial charge in [0.05, 0.1) is 0 Å². The summed E-state index contributed by atoms with van der Waals surface area (Å²) in [7, 11) is 0. The lowest BCUT2D eigenvalue weighted by Gasteiger charge is -2.28. The summed E-state index contributed by atoms with van der Waals surface area (Å²) < 4.78 is 0. The number of hydrogen-bond donors (Lipinski definition) is 0. The molecule has 2 heteroatoms. The van der Waals surface area contributed by atoms with Crippen LogP contribution in [0.5, 0.6) is 0 Å². The number of nitrogens with zero attached hydrogens (tertiary/aromatic N) is 1. The summed E-state index contributed by atoms with van der Waals surface area (Å²) in [5, 5.41) is 1.89. The molecule has 0 N–H and O–H groups in total. The Kier molecular flexibility index (Phi) is 18.1. The Labute approximate surface area is 354 Å². The average molecular weight is 780 g/mol. The first-order valence-corrected chi connectivity index (χ1v) is 21.5. The van der Waals surface area contributed by atoms with Gasteiger partial charge in [0, 0.05) is 28.4 Å². The Morgan fingerprint density at radius 1 is 0.672 bits per heavy atom. The SMILES string of the molecule is C=CSc1c(C(=C)/C=C\C)cccc1-c1ccc(N2C(=C)/C=C(\C)c3ccccc3Cc3cc(-c4ccccc4)ccc32)cc1.CC.CCCC.Cc1ccccc1. The fraction of sp³-hybridized carbons (Fsp3) is 0.179. The van der Waals surface area contributed by atoms with Gasteiger partial charge >= 0.3 is 0 Å². The van der Waals surface area contributed by atoms with Crippen molar-refractivity contribution in [2.24, 2.45) is 0 Å². The number of unbranched alkanes of at least 4 members (excludes halogenated alkanes) is 1. The highest BCUT2D eigenvalue weighted by Crippen LogP contribution is 2.42. The van der Waals surface area contributed by atoms with E-state index in [1.165, 1.54) is 51.8 Å². The van der Waals surface area contributed by atoms with Gasteiger partial charge in [0.25, 0.3) is 0 Å². The molecular formula is C56H61NS. The van der Waals surface area contributed by atoms with Crippen LogP contribution in [0.1, 0.15) is 82.2 Å². The summed E-state index contributed by atoms with van der Waals surface area (Å²) in [6.07, 6.45) is 9.76. The van der Waals surface area contributed by atoms with Crippen molar-refractivity contribution in [2.45, 2.75) is 72.6 Å². The molecule has 1 aliphatic rings. The van der Waals surface area contributed by atoms with Gasteiger partial charge in [-0.3, -0.25) is 0 Å². The zero-order valence-electron chi connectivity index (χ0n) is 35.8. The van der Waals surface area contributed by atoms with E-state index in [0.717, 1.165) is 50.7 Å². The molecule has 0 fully saturated rings. The number of anilines is 2. The van der Waals surface area contributed by atoms with E-state index in [0.29, 0.717) is 0 Å². The number of aryl methyl sites for hydroxylation is 1. The van der Waals surface area contributed by atoms with Crippen LogP contribution < -0.4 is 4.90 Å². The average Bonchev–Trinajstić information content (AvgIpc) is 3.30. The first-order valence-electron chi connectivity index (χ1n) is 20.6. The van der Waals surface area contributed by atoms with Crippen LogP contribution in [-0.4, -0.2) is 0 Å². The van der Waals surface area contributed by atoms with Gasteiger partial charge in [-0.25, -0.2) is 0 Å². The molecule has 0 amide bonds. The number of hydrogen-bond acceptors (Lipinski definition) is 2. The Balaban J connectivity index is 0.000000495. The number of benzene rings is 6. The molecule has 296 valence electrons. The fourth-order valence-corrected chi connectivity index (χ4v) is 7.52. The van der Waals surface area contributed by atoms with Gasteiger partial charge in [-0.05, 0) is 112 Å². The van der Waals surface area contributed by atoms with Crippen LogP contribution in [0.15, 0.2) is 200 Å². The standard InChI is InChI=1S/C43H37NS.C7H8.C4H10.C2H6/c1-6-14-30(3)40-19-13-20-41(43(40)45-7-2)34-21-24-38(25-22-34)44-32(5)27-31(4)39-18-12-11-17-36(39)29-37-28-35(23-26-42(37)44)33-15-9-8-10-16-33;1-7-5-3-2-4-6-7;1-3-4-2;1-2/h6-28H,2-3,5,29H2,1,4H3;2-6H,1H3;3-4H2,1-2H3;1-2H3/b14-6-,31-27+;;;. The molecule has 6 aromatic rings. The molecule has 0 atom stereocenters. The molecule has 0 bridgehead atoms. The zero-order valence-corrected chi connectivity index (χ0v) is 36.6. The van der Waals surface area contributed by atoms with Crippen molar-refractivity contribution in [3.8, 4) is 22.3 Å². The van der Waals surface area contributed by atoms with Gasteiger partial charge in [-0.15, -0.1) is 0 Å². The Morgan fingerprint density at radius 2 is 1.28 bits per heavy atom. The van der Waals surface area contributed by atoms with E-state index in [9.17, 15) is 0 Å². The lowest BCUT2D eigenvalue weighted by molar-refractivity contribution is 0.886. The van der Waals surface area contributed by atoms with Crippen molar-refractivity contribution < 1.29 is 0 Å². The number of fused-ring (bicyclic) bond motifs is 2. The topological polar surface area (TPSA) is 3.24 Å². The fourth-order valence-electron chi connectivity index (χ4n) is 6.71. The predicted molar refractivity (Wildman–Crippen MR) is 261 cm³/mol. The van der Waals surface area contributed by atoms with E-state index in [2.05, 4.69) is 192 Å². The van der Waals surface area contributed by atoms with E-state index in [4.69, 9.17) is 0 Å². The van der Waals surface area contributed by atoms with E-state index in [-0.39, 0.29) is 0 Å². The van der Waals surface area contributed by atoms with E-state index in [1.54, 1.807) is 11.8 Å². The highest BCUT2D eigenvalue weighted by atomic mass is 32.2. The van der Waals surface area contributed by atoms with Crippen LogP contribution in [0.2, 0.25) is 0 Å². The Bertz CT molecular complexity index is 2290. The van der Waals surface area contributed by atoms with Gasteiger partial charge < -0.3 is 4.90 Å². The smallest absolute Gasteiger partial charge is 0.0497 e. The third kappa shape index (κ3) is 11.9. The number of allylic oxidation sites excluding steroid dienone is 5. The Morgan fingerprint density at radius 3 is 1.88 bits per heavy atom. The number of rotatable bonds is 8. The van der Waals surface area contributed by atoms with Crippen molar-refractivity contribution in [1.82, 2.24) is 0 Å². The second kappa shape index (κ2) is 23.4. The summed E-state index contributed by atoms with van der Waals surface area (Å²) >= 11 is 1.64. The minimum atomic E-state index is 0.824. The molecule has 0 unspecified atom stereocenters. The summed E-state index contributed by atoms with van der Waals surface area (Å²) in [5.41, 5.74) is 16.3. The molecule has 58 heavy (non-hydrogen) atoms. The molecule has 0 radical (unpaired) electrons. The van der Waals surface area contributed by atoms with Gasteiger partial charge in [-0.1, -0.05) is 211 Å². The minimum Gasteiger partial charge on any atom is -0.311 e. The summed E-state index contributed by atoms with van der Waals surface area (Å²) in [6, 6.07) is 51.7. The molecule has 1 aliphatic heterocycles. The normalized spacial score (nSPS) is 12.6. The van der Waals surface area contributed by atoms with E-state index < -0.39 is 0 Å². The van der Waals surface area contributed by atoms with Crippen LogP contribution in [0.3, 0.4) is 0 Å². The summed E-state index contributed by atoms with van der Waals surface area (Å²) in [5.74, 6) is 0. The van der Waals surface area contributed by atoms with Gasteiger partial charge in [0.2, 0.25) is 0 Å². The maximum Gasteiger partial charge on any atom is 0.0497 e. The Hall–Kier alpha value is -5.83. The lowest BCUT2D eigenvalue weighted by Crippen LogP contribution is -2.16. The molecule has 7 rings (SSSR count). The quantitative estimate of drug-likeness (QED) is 0.112. The predicted octanol–water partition coefficient (Wildman–Crippen LogP) is 17.3. The summed E-state index contributed by atoms with van der Waals surface area (Å²) in [6.45, 7) is 27.6. The molecule has 0 saturated heterocycles. The molecule has 1 nitrogen and oxygen atoms in total. The highest BCUT2D eigenvalue weighted by Gasteiger charge is 2.21. The first kappa shape index (κ1) is 44.9. The van der Waals surface area contributed by atoms with Crippen molar-refractivity contribution >= 4 is 34.3 Å². The van der Waals surface area contributed by atoms with Crippen LogP contribution in [-0.2, 0) is 6.42 Å². The van der Waals surface area contributed by atoms with Crippen LogP contribution in [0.25, 0.3) is 33.4 Å². The zero-order chi connectivity index (χ0) is 41.9. The molecular weight excluding hydrogens is 719 g/mol. The molecule has 0 saturated carbocycles. The first-order chi connectivity index (χ1) is 28.3. The van der Waals surface area contributed by atoms with Gasteiger partial charge in [-0.2, -0.15) is 0 Å². The third-order valence-electron chi connectivity index (χ3n) is 9.73. The van der Waals surface area contributed by atoms with Crippen LogP contribution >= 0.6 is 11.8 Å². The van der Waals surface area contributed by atoms with Crippen LogP contribution in [0, 0.1) is 6.92 Å². The van der Waals surface area contributed by atoms with Gasteiger partial charge in [0.1, 0.15) is 0 Å². The monoisotopic (exact) mass is 779 g/mol. The third-order valence-corrected chi connectivity index (χ3v) is 10.6. The van der Waals surface area contributed by atoms with Crippen molar-refractivity contribution in [3.05, 3.63) is 222 Å². The summed E-state index contributed by atoms with van der Waals surface area (Å²) in [4.78, 5) is 3.46. The van der Waals surface area contributed by atoms with Crippen molar-refractivity contribution in [2.75, 3.05) is 4.90 Å². The maximum absolute atomic E-state index is 4.60. The van der Waals surface area contributed by atoms with Crippen LogP contribution in [0.4, 0.5) is 11.4 Å². The highest BCUT2D eigenvalue weighted by molar-refractivity contribution is 8.02. The maximum atomic E-state index is 4.60. The van der Waals surface area contributed by atoms with E-state index in [1.807, 2.05) is 50.5 Å². The molecule has 0 aromatic heterocycles. The largest absolute Gasteiger partial charge is 0.311 e. The second-order valence-corrected chi connectivity index (χ2v) is 14.9. The molecule has 0 spiro atoms. The molecule has 1 heterocycles.